The summed E-state index contributed by atoms with van der Waals surface area (Å²) in [6, 6.07) is 4.59. The Bertz CT molecular complexity index is 461. The van der Waals surface area contributed by atoms with Gasteiger partial charge in [0.1, 0.15) is 5.56 Å². The summed E-state index contributed by atoms with van der Waals surface area (Å²) in [5.74, 6) is -0.415. The van der Waals surface area contributed by atoms with E-state index < -0.39 is 16.4 Å². The third-order valence-electron chi connectivity index (χ3n) is 2.16. The molecule has 0 saturated heterocycles. The summed E-state index contributed by atoms with van der Waals surface area (Å²) < 4.78 is 0. The minimum Gasteiger partial charge on any atom is -0.347 e. The lowest BCUT2D eigenvalue weighted by Gasteiger charge is -2.21. The summed E-state index contributed by atoms with van der Waals surface area (Å²) in [6.07, 6.45) is 0. The third kappa shape index (κ3) is 3.27. The molecular formula is C12H16N2O3. The molecule has 1 amide bonds. The number of nitro groups is 1. The fourth-order valence-electron chi connectivity index (χ4n) is 1.50. The molecule has 17 heavy (non-hydrogen) atoms. The number of nitrogens with zero attached hydrogens (tertiary/aromatic N) is 1. The van der Waals surface area contributed by atoms with Gasteiger partial charge < -0.3 is 5.32 Å². The SMILES string of the molecule is Cc1cccc([N+](=O)[O-])c1C(=O)NC(C)(C)C. The van der Waals surface area contributed by atoms with Crippen molar-refractivity contribution in [2.75, 3.05) is 0 Å². The van der Waals surface area contributed by atoms with Crippen LogP contribution in [0.15, 0.2) is 18.2 Å². The van der Waals surface area contributed by atoms with Gasteiger partial charge in [-0.3, -0.25) is 14.9 Å². The Kier molecular flexibility index (Phi) is 3.50. The average molecular weight is 236 g/mol. The standard InChI is InChI=1S/C12H16N2O3/c1-8-6-5-7-9(14(16)17)10(8)11(15)13-12(2,3)4/h5-7H,1-4H3,(H,13,15). The van der Waals surface area contributed by atoms with Gasteiger partial charge in [-0.1, -0.05) is 12.1 Å². The van der Waals surface area contributed by atoms with Crippen LogP contribution in [0.3, 0.4) is 0 Å². The van der Waals surface area contributed by atoms with Crippen LogP contribution >= 0.6 is 0 Å². The molecule has 0 radical (unpaired) electrons. The van der Waals surface area contributed by atoms with Crippen molar-refractivity contribution in [3.8, 4) is 0 Å². The van der Waals surface area contributed by atoms with E-state index in [0.717, 1.165) is 0 Å². The molecule has 0 aromatic heterocycles. The molecular weight excluding hydrogens is 220 g/mol. The quantitative estimate of drug-likeness (QED) is 0.633. The number of carbonyl (C=O) groups is 1. The van der Waals surface area contributed by atoms with Gasteiger partial charge in [0.05, 0.1) is 4.92 Å². The molecule has 0 aliphatic rings. The van der Waals surface area contributed by atoms with Gasteiger partial charge in [0, 0.05) is 11.6 Å². The van der Waals surface area contributed by atoms with Crippen LogP contribution in [-0.2, 0) is 0 Å². The third-order valence-corrected chi connectivity index (χ3v) is 2.16. The highest BCUT2D eigenvalue weighted by Gasteiger charge is 2.24. The van der Waals surface area contributed by atoms with Crippen LogP contribution in [0.1, 0.15) is 36.7 Å². The van der Waals surface area contributed by atoms with E-state index in [-0.39, 0.29) is 11.3 Å². The number of benzene rings is 1. The van der Waals surface area contributed by atoms with E-state index in [0.29, 0.717) is 5.56 Å². The second kappa shape index (κ2) is 4.53. The van der Waals surface area contributed by atoms with E-state index in [2.05, 4.69) is 5.32 Å². The first-order chi connectivity index (χ1) is 7.72. The second-order valence-corrected chi connectivity index (χ2v) is 4.93. The maximum Gasteiger partial charge on any atom is 0.282 e. The number of hydrogen-bond acceptors (Lipinski definition) is 3. The first-order valence-electron chi connectivity index (χ1n) is 5.29. The molecule has 1 rings (SSSR count). The topological polar surface area (TPSA) is 72.2 Å². The predicted octanol–water partition coefficient (Wildman–Crippen LogP) is 2.43. The molecule has 0 aliphatic carbocycles. The molecule has 1 aromatic carbocycles. The van der Waals surface area contributed by atoms with Gasteiger partial charge in [-0.2, -0.15) is 0 Å². The molecule has 5 heteroatoms. The normalized spacial score (nSPS) is 11.1. The second-order valence-electron chi connectivity index (χ2n) is 4.93. The number of rotatable bonds is 2. The predicted molar refractivity (Wildman–Crippen MR) is 65.1 cm³/mol. The van der Waals surface area contributed by atoms with E-state index >= 15 is 0 Å². The summed E-state index contributed by atoms with van der Waals surface area (Å²) >= 11 is 0. The Morgan fingerprint density at radius 2 is 1.94 bits per heavy atom. The molecule has 0 heterocycles. The van der Waals surface area contributed by atoms with Crippen LogP contribution in [0.25, 0.3) is 0 Å². The van der Waals surface area contributed by atoms with Crippen molar-refractivity contribution in [1.82, 2.24) is 5.32 Å². The fraction of sp³-hybridized carbons (Fsp3) is 0.417. The van der Waals surface area contributed by atoms with Gasteiger partial charge in [0.25, 0.3) is 11.6 Å². The summed E-state index contributed by atoms with van der Waals surface area (Å²) in [5, 5.41) is 13.6. The highest BCUT2D eigenvalue weighted by atomic mass is 16.6. The van der Waals surface area contributed by atoms with Gasteiger partial charge in [0.2, 0.25) is 0 Å². The molecule has 0 bridgehead atoms. The van der Waals surface area contributed by atoms with E-state index in [9.17, 15) is 14.9 Å². The molecule has 1 aromatic rings. The molecule has 0 unspecified atom stereocenters. The summed E-state index contributed by atoms with van der Waals surface area (Å²) in [7, 11) is 0. The first kappa shape index (κ1) is 13.2. The minimum atomic E-state index is -0.537. The lowest BCUT2D eigenvalue weighted by atomic mass is 10.0. The van der Waals surface area contributed by atoms with Crippen LogP contribution in [0.2, 0.25) is 0 Å². The summed E-state index contributed by atoms with van der Waals surface area (Å²) in [6.45, 7) is 7.17. The van der Waals surface area contributed by atoms with E-state index in [4.69, 9.17) is 0 Å². The van der Waals surface area contributed by atoms with E-state index in [1.165, 1.54) is 6.07 Å². The van der Waals surface area contributed by atoms with Crippen LogP contribution in [0, 0.1) is 17.0 Å². The molecule has 0 aliphatic heterocycles. The van der Waals surface area contributed by atoms with Gasteiger partial charge in [-0.25, -0.2) is 0 Å². The number of hydrogen-bond donors (Lipinski definition) is 1. The first-order valence-corrected chi connectivity index (χ1v) is 5.29. The zero-order valence-corrected chi connectivity index (χ0v) is 10.4. The molecule has 0 atom stereocenters. The van der Waals surface area contributed by atoms with Crippen molar-refractivity contribution in [2.24, 2.45) is 0 Å². The molecule has 0 saturated carbocycles. The van der Waals surface area contributed by atoms with Crippen LogP contribution in [0.5, 0.6) is 0 Å². The maximum atomic E-state index is 12.0. The Morgan fingerprint density at radius 3 is 2.41 bits per heavy atom. The number of aryl methyl sites for hydroxylation is 1. The number of nitro benzene ring substituents is 1. The smallest absolute Gasteiger partial charge is 0.282 e. The van der Waals surface area contributed by atoms with E-state index in [1.54, 1.807) is 19.1 Å². The van der Waals surface area contributed by atoms with Gasteiger partial charge >= 0.3 is 0 Å². The molecule has 0 fully saturated rings. The average Bonchev–Trinajstić information content (AvgIpc) is 2.13. The van der Waals surface area contributed by atoms with Crippen molar-refractivity contribution in [1.29, 1.82) is 0 Å². The van der Waals surface area contributed by atoms with Crippen molar-refractivity contribution < 1.29 is 9.72 Å². The zero-order chi connectivity index (χ0) is 13.2. The molecule has 92 valence electrons. The summed E-state index contributed by atoms with van der Waals surface area (Å²) in [5.41, 5.74) is 0.146. The highest BCUT2D eigenvalue weighted by molar-refractivity contribution is 5.99. The zero-order valence-electron chi connectivity index (χ0n) is 10.4. The fourth-order valence-corrected chi connectivity index (χ4v) is 1.50. The summed E-state index contributed by atoms with van der Waals surface area (Å²) in [4.78, 5) is 22.3. The molecule has 5 nitrogen and oxygen atoms in total. The van der Waals surface area contributed by atoms with Crippen LogP contribution < -0.4 is 5.32 Å². The Balaban J connectivity index is 3.21. The van der Waals surface area contributed by atoms with Crippen molar-refractivity contribution in [3.63, 3.8) is 0 Å². The van der Waals surface area contributed by atoms with Gasteiger partial charge in [-0.15, -0.1) is 0 Å². The van der Waals surface area contributed by atoms with Crippen molar-refractivity contribution in [3.05, 3.63) is 39.4 Å². The maximum absolute atomic E-state index is 12.0. The van der Waals surface area contributed by atoms with Gasteiger partial charge in [-0.05, 0) is 33.3 Å². The Hall–Kier alpha value is -1.91. The number of carbonyl (C=O) groups excluding carboxylic acids is 1. The van der Waals surface area contributed by atoms with Gasteiger partial charge in [0.15, 0.2) is 0 Å². The monoisotopic (exact) mass is 236 g/mol. The molecule has 0 spiro atoms. The van der Waals surface area contributed by atoms with Crippen molar-refractivity contribution in [2.45, 2.75) is 33.2 Å². The van der Waals surface area contributed by atoms with E-state index in [1.807, 2.05) is 20.8 Å². The molecule has 1 N–H and O–H groups in total. The highest BCUT2D eigenvalue weighted by Crippen LogP contribution is 2.22. The largest absolute Gasteiger partial charge is 0.347 e. The number of amides is 1. The minimum absolute atomic E-state index is 0.132. The Morgan fingerprint density at radius 1 is 1.35 bits per heavy atom. The van der Waals surface area contributed by atoms with Crippen LogP contribution in [0.4, 0.5) is 5.69 Å². The lowest BCUT2D eigenvalue weighted by molar-refractivity contribution is -0.385. The van der Waals surface area contributed by atoms with Crippen molar-refractivity contribution >= 4 is 11.6 Å². The Labute approximate surface area is 100.0 Å². The lowest BCUT2D eigenvalue weighted by Crippen LogP contribution is -2.41. The number of nitrogens with one attached hydrogen (secondary N) is 1. The van der Waals surface area contributed by atoms with Crippen LogP contribution in [-0.4, -0.2) is 16.4 Å².